The minimum atomic E-state index is -4.16. The molecule has 1 aromatic rings. The van der Waals surface area contributed by atoms with Crippen LogP contribution in [0.25, 0.3) is 0 Å². The molecular formula is C10H12N2O5S. The molecule has 0 aliphatic carbocycles. The Bertz CT molecular complexity index is 564. The number of hydrogen-bond donors (Lipinski definition) is 2. The van der Waals surface area contributed by atoms with Crippen LogP contribution in [0, 0.1) is 0 Å². The summed E-state index contributed by atoms with van der Waals surface area (Å²) in [5, 5.41) is 8.61. The molecule has 0 aliphatic heterocycles. The van der Waals surface area contributed by atoms with Crippen LogP contribution in [-0.4, -0.2) is 36.3 Å². The maximum Gasteiger partial charge on any atom is 0.324 e. The first-order valence-electron chi connectivity index (χ1n) is 4.86. The van der Waals surface area contributed by atoms with Gasteiger partial charge in [0.1, 0.15) is 6.54 Å². The predicted octanol–water partition coefficient (Wildman–Crippen LogP) is -0.109. The number of hydrogen-bond acceptors (Lipinski definition) is 5. The molecule has 0 atom stereocenters. The van der Waals surface area contributed by atoms with Gasteiger partial charge < -0.3 is 10.8 Å². The first kappa shape index (κ1) is 14.0. The largest absolute Gasteiger partial charge is 0.480 e. The second kappa shape index (κ2) is 5.05. The zero-order valence-electron chi connectivity index (χ0n) is 9.53. The van der Waals surface area contributed by atoms with Crippen molar-refractivity contribution in [1.29, 1.82) is 0 Å². The van der Waals surface area contributed by atoms with E-state index in [1.54, 1.807) is 0 Å². The van der Waals surface area contributed by atoms with Crippen molar-refractivity contribution in [3.05, 3.63) is 24.3 Å². The maximum absolute atomic E-state index is 12.0. The quantitative estimate of drug-likeness (QED) is 0.738. The van der Waals surface area contributed by atoms with Crippen molar-refractivity contribution in [2.45, 2.75) is 11.8 Å². The van der Waals surface area contributed by atoms with E-state index in [4.69, 9.17) is 10.8 Å². The molecule has 0 aliphatic rings. The van der Waals surface area contributed by atoms with Crippen LogP contribution in [0.3, 0.4) is 0 Å². The van der Waals surface area contributed by atoms with Crippen LogP contribution in [0.15, 0.2) is 29.2 Å². The summed E-state index contributed by atoms with van der Waals surface area (Å²) in [6.45, 7) is 0.0693. The van der Waals surface area contributed by atoms with Gasteiger partial charge in [-0.05, 0) is 24.3 Å². The molecule has 0 saturated carbocycles. The third kappa shape index (κ3) is 2.98. The number of amides is 1. The lowest BCUT2D eigenvalue weighted by molar-refractivity contribution is -0.140. The number of carbonyl (C=O) groups is 2. The number of sulfonamides is 1. The summed E-state index contributed by atoms with van der Waals surface area (Å²) in [7, 11) is -4.16. The van der Waals surface area contributed by atoms with E-state index in [1.165, 1.54) is 24.3 Å². The molecule has 0 fully saturated rings. The standard InChI is InChI=1S/C10H12N2O5S/c1-7(13)12(6-10(14)15)18(16,17)9-4-2-8(11)3-5-9/h2-5H,6,11H2,1H3,(H,14,15). The van der Waals surface area contributed by atoms with Gasteiger partial charge in [0.05, 0.1) is 4.90 Å². The van der Waals surface area contributed by atoms with Crippen molar-refractivity contribution in [2.75, 3.05) is 12.3 Å². The number of nitrogens with zero attached hydrogens (tertiary/aromatic N) is 1. The van der Waals surface area contributed by atoms with Crippen LogP contribution in [0.5, 0.6) is 0 Å². The molecule has 98 valence electrons. The fourth-order valence-electron chi connectivity index (χ4n) is 1.26. The van der Waals surface area contributed by atoms with Crippen molar-refractivity contribution in [1.82, 2.24) is 4.31 Å². The number of anilines is 1. The van der Waals surface area contributed by atoms with Gasteiger partial charge in [-0.15, -0.1) is 0 Å². The lowest BCUT2D eigenvalue weighted by Gasteiger charge is -2.18. The molecule has 0 unspecified atom stereocenters. The second-order valence-corrected chi connectivity index (χ2v) is 5.36. The molecule has 1 amide bonds. The van der Waals surface area contributed by atoms with Gasteiger partial charge in [-0.3, -0.25) is 9.59 Å². The monoisotopic (exact) mass is 272 g/mol. The van der Waals surface area contributed by atoms with Crippen molar-refractivity contribution in [3.63, 3.8) is 0 Å². The summed E-state index contributed by atoms with van der Waals surface area (Å²) < 4.78 is 24.3. The van der Waals surface area contributed by atoms with Gasteiger partial charge in [-0.1, -0.05) is 0 Å². The molecule has 0 spiro atoms. The summed E-state index contributed by atoms with van der Waals surface area (Å²) in [5.41, 5.74) is 5.78. The average Bonchev–Trinajstić information content (AvgIpc) is 2.25. The molecule has 0 radical (unpaired) electrons. The molecule has 8 heteroatoms. The summed E-state index contributed by atoms with van der Waals surface area (Å²) in [4.78, 5) is 21.6. The highest BCUT2D eigenvalue weighted by atomic mass is 32.2. The van der Waals surface area contributed by atoms with E-state index in [9.17, 15) is 18.0 Å². The van der Waals surface area contributed by atoms with Crippen molar-refractivity contribution in [3.8, 4) is 0 Å². The van der Waals surface area contributed by atoms with Crippen LogP contribution in [-0.2, 0) is 19.6 Å². The number of carboxylic acids is 1. The normalized spacial score (nSPS) is 10.9. The Kier molecular flexibility index (Phi) is 3.92. The van der Waals surface area contributed by atoms with Crippen LogP contribution in [0.1, 0.15) is 6.92 Å². The van der Waals surface area contributed by atoms with Gasteiger partial charge in [0.25, 0.3) is 10.0 Å². The number of benzene rings is 1. The lowest BCUT2D eigenvalue weighted by Crippen LogP contribution is -2.39. The first-order chi connectivity index (χ1) is 8.25. The summed E-state index contributed by atoms with van der Waals surface area (Å²) in [6.07, 6.45) is 0. The molecule has 0 heterocycles. The van der Waals surface area contributed by atoms with Gasteiger partial charge in [0.15, 0.2) is 0 Å². The van der Waals surface area contributed by atoms with E-state index in [-0.39, 0.29) is 4.90 Å². The summed E-state index contributed by atoms with van der Waals surface area (Å²) in [5.74, 6) is -2.28. The van der Waals surface area contributed by atoms with E-state index in [0.717, 1.165) is 6.92 Å². The second-order valence-electron chi connectivity index (χ2n) is 3.49. The van der Waals surface area contributed by atoms with Crippen molar-refractivity contribution >= 4 is 27.6 Å². The van der Waals surface area contributed by atoms with Gasteiger partial charge in [-0.2, -0.15) is 0 Å². The van der Waals surface area contributed by atoms with E-state index >= 15 is 0 Å². The van der Waals surface area contributed by atoms with Crippen molar-refractivity contribution < 1.29 is 23.1 Å². The molecule has 7 nitrogen and oxygen atoms in total. The number of rotatable bonds is 4. The van der Waals surface area contributed by atoms with E-state index in [1.807, 2.05) is 0 Å². The maximum atomic E-state index is 12.0. The number of nitrogen functional groups attached to an aromatic ring is 1. The molecule has 0 saturated heterocycles. The molecule has 1 rings (SSSR count). The van der Waals surface area contributed by atoms with E-state index in [2.05, 4.69) is 0 Å². The highest BCUT2D eigenvalue weighted by molar-refractivity contribution is 7.89. The number of carboxylic acid groups (broad SMARTS) is 1. The number of nitrogens with two attached hydrogens (primary N) is 1. The zero-order valence-corrected chi connectivity index (χ0v) is 10.3. The van der Waals surface area contributed by atoms with Crippen molar-refractivity contribution in [2.24, 2.45) is 0 Å². The van der Waals surface area contributed by atoms with Gasteiger partial charge in [-0.25, -0.2) is 12.7 Å². The Labute approximate surface area is 104 Å². The Hall–Kier alpha value is -2.09. The Morgan fingerprint density at radius 2 is 1.78 bits per heavy atom. The Morgan fingerprint density at radius 3 is 2.17 bits per heavy atom. The summed E-state index contributed by atoms with van der Waals surface area (Å²) >= 11 is 0. The van der Waals surface area contributed by atoms with E-state index < -0.39 is 28.4 Å². The molecular weight excluding hydrogens is 260 g/mol. The molecule has 0 bridgehead atoms. The van der Waals surface area contributed by atoms with Crippen LogP contribution >= 0.6 is 0 Å². The highest BCUT2D eigenvalue weighted by Crippen LogP contribution is 2.17. The van der Waals surface area contributed by atoms with E-state index in [0.29, 0.717) is 9.99 Å². The van der Waals surface area contributed by atoms with Gasteiger partial charge in [0, 0.05) is 12.6 Å². The van der Waals surface area contributed by atoms with Crippen LogP contribution < -0.4 is 5.73 Å². The number of carbonyl (C=O) groups excluding carboxylic acids is 1. The lowest BCUT2D eigenvalue weighted by atomic mass is 10.3. The molecule has 3 N–H and O–H groups in total. The minimum Gasteiger partial charge on any atom is -0.480 e. The Morgan fingerprint density at radius 1 is 1.28 bits per heavy atom. The van der Waals surface area contributed by atoms with Gasteiger partial charge >= 0.3 is 5.97 Å². The molecule has 0 aromatic heterocycles. The third-order valence-corrected chi connectivity index (χ3v) is 3.93. The Balaban J connectivity index is 3.21. The van der Waals surface area contributed by atoms with Crippen LogP contribution in [0.4, 0.5) is 5.69 Å². The smallest absolute Gasteiger partial charge is 0.324 e. The minimum absolute atomic E-state index is 0.187. The zero-order chi connectivity index (χ0) is 13.9. The fraction of sp³-hybridized carbons (Fsp3) is 0.200. The predicted molar refractivity (Wildman–Crippen MR) is 63.1 cm³/mol. The molecule has 1 aromatic carbocycles. The first-order valence-corrected chi connectivity index (χ1v) is 6.30. The highest BCUT2D eigenvalue weighted by Gasteiger charge is 2.28. The van der Waals surface area contributed by atoms with Gasteiger partial charge in [0.2, 0.25) is 5.91 Å². The summed E-state index contributed by atoms with van der Waals surface area (Å²) in [6, 6.07) is 5.13. The fourth-order valence-corrected chi connectivity index (χ4v) is 2.61. The van der Waals surface area contributed by atoms with Crippen LogP contribution in [0.2, 0.25) is 0 Å². The third-order valence-electron chi connectivity index (χ3n) is 2.10. The average molecular weight is 272 g/mol. The molecule has 18 heavy (non-hydrogen) atoms. The number of aliphatic carboxylic acids is 1. The SMILES string of the molecule is CC(=O)N(CC(=O)O)S(=O)(=O)c1ccc(N)cc1. The topological polar surface area (TPSA) is 118 Å².